The standard InChI is InChI=1S/C29H22N2O/c32-27-18-10-15-25(20-27)30-21-24-19-28(22-11-4-1-5-12-22)31(26-16-8-3-9-17-26)29(24)23-13-6-2-7-14-23/h1-21,32H. The van der Waals surface area contributed by atoms with E-state index >= 15 is 0 Å². The summed E-state index contributed by atoms with van der Waals surface area (Å²) in [5.74, 6) is 0.203. The molecular formula is C29H22N2O. The maximum atomic E-state index is 9.81. The summed E-state index contributed by atoms with van der Waals surface area (Å²) >= 11 is 0. The Bertz CT molecular complexity index is 1350. The predicted molar refractivity (Wildman–Crippen MR) is 132 cm³/mol. The summed E-state index contributed by atoms with van der Waals surface area (Å²) in [6.45, 7) is 0. The van der Waals surface area contributed by atoms with Crippen molar-refractivity contribution in [1.82, 2.24) is 4.57 Å². The fraction of sp³-hybridized carbons (Fsp3) is 0. The molecule has 0 atom stereocenters. The van der Waals surface area contributed by atoms with Crippen LogP contribution in [0.15, 0.2) is 126 Å². The topological polar surface area (TPSA) is 37.5 Å². The van der Waals surface area contributed by atoms with Crippen LogP contribution >= 0.6 is 0 Å². The molecule has 0 aliphatic carbocycles. The van der Waals surface area contributed by atoms with E-state index in [1.165, 1.54) is 0 Å². The number of phenols is 1. The van der Waals surface area contributed by atoms with E-state index in [1.807, 2.05) is 30.5 Å². The summed E-state index contributed by atoms with van der Waals surface area (Å²) in [4.78, 5) is 4.67. The van der Waals surface area contributed by atoms with Gasteiger partial charge in [-0.1, -0.05) is 84.9 Å². The minimum atomic E-state index is 0.203. The number of aromatic hydroxyl groups is 1. The van der Waals surface area contributed by atoms with E-state index in [1.54, 1.807) is 18.2 Å². The lowest BCUT2D eigenvalue weighted by Gasteiger charge is -2.15. The molecule has 1 N–H and O–H groups in total. The zero-order chi connectivity index (χ0) is 21.8. The van der Waals surface area contributed by atoms with Gasteiger partial charge in [0.25, 0.3) is 0 Å². The first-order valence-electron chi connectivity index (χ1n) is 10.5. The van der Waals surface area contributed by atoms with Gasteiger partial charge in [0, 0.05) is 23.5 Å². The molecular weight excluding hydrogens is 392 g/mol. The van der Waals surface area contributed by atoms with E-state index in [2.05, 4.69) is 88.4 Å². The van der Waals surface area contributed by atoms with Crippen LogP contribution in [0.25, 0.3) is 28.2 Å². The Kier molecular flexibility index (Phi) is 5.38. The molecule has 4 aromatic carbocycles. The van der Waals surface area contributed by atoms with Gasteiger partial charge in [-0.05, 0) is 41.5 Å². The van der Waals surface area contributed by atoms with Gasteiger partial charge in [0.15, 0.2) is 0 Å². The summed E-state index contributed by atoms with van der Waals surface area (Å²) in [5, 5.41) is 9.81. The molecule has 32 heavy (non-hydrogen) atoms. The van der Waals surface area contributed by atoms with Crippen LogP contribution in [-0.2, 0) is 0 Å². The smallest absolute Gasteiger partial charge is 0.117 e. The molecule has 0 saturated heterocycles. The zero-order valence-electron chi connectivity index (χ0n) is 17.5. The first-order chi connectivity index (χ1) is 15.8. The molecule has 5 aromatic rings. The summed E-state index contributed by atoms with van der Waals surface area (Å²) in [6, 6.07) is 40.3. The van der Waals surface area contributed by atoms with Gasteiger partial charge in [-0.2, -0.15) is 0 Å². The Labute approximate surface area is 187 Å². The number of benzene rings is 4. The Morgan fingerprint density at radius 1 is 0.625 bits per heavy atom. The third-order valence-electron chi connectivity index (χ3n) is 5.34. The molecule has 1 heterocycles. The molecule has 0 fully saturated rings. The Morgan fingerprint density at radius 2 is 1.25 bits per heavy atom. The first-order valence-corrected chi connectivity index (χ1v) is 10.5. The second-order valence-corrected chi connectivity index (χ2v) is 7.51. The van der Waals surface area contributed by atoms with E-state index < -0.39 is 0 Å². The molecule has 5 rings (SSSR count). The summed E-state index contributed by atoms with van der Waals surface area (Å²) in [5.41, 5.74) is 7.19. The average Bonchev–Trinajstić information content (AvgIpc) is 3.24. The van der Waals surface area contributed by atoms with Crippen LogP contribution < -0.4 is 0 Å². The molecule has 0 radical (unpaired) electrons. The largest absolute Gasteiger partial charge is 0.508 e. The number of aliphatic imine (C=N–C) groups is 1. The van der Waals surface area contributed by atoms with Crippen molar-refractivity contribution in [2.75, 3.05) is 0 Å². The highest BCUT2D eigenvalue weighted by Crippen LogP contribution is 2.35. The monoisotopic (exact) mass is 414 g/mol. The fourth-order valence-electron chi connectivity index (χ4n) is 3.90. The average molecular weight is 415 g/mol. The highest BCUT2D eigenvalue weighted by atomic mass is 16.3. The Balaban J connectivity index is 1.77. The van der Waals surface area contributed by atoms with Crippen molar-refractivity contribution in [1.29, 1.82) is 0 Å². The van der Waals surface area contributed by atoms with Crippen LogP contribution in [0.4, 0.5) is 5.69 Å². The van der Waals surface area contributed by atoms with Crippen molar-refractivity contribution < 1.29 is 5.11 Å². The number of hydrogen-bond donors (Lipinski definition) is 1. The van der Waals surface area contributed by atoms with Crippen LogP contribution in [0, 0.1) is 0 Å². The van der Waals surface area contributed by atoms with Crippen LogP contribution in [0.3, 0.4) is 0 Å². The molecule has 0 unspecified atom stereocenters. The number of aromatic nitrogens is 1. The van der Waals surface area contributed by atoms with Crippen molar-refractivity contribution in [3.05, 3.63) is 127 Å². The number of nitrogens with zero attached hydrogens (tertiary/aromatic N) is 2. The minimum Gasteiger partial charge on any atom is -0.508 e. The molecule has 0 spiro atoms. The van der Waals surface area contributed by atoms with Crippen LogP contribution in [0.5, 0.6) is 5.75 Å². The predicted octanol–water partition coefficient (Wildman–Crippen LogP) is 7.27. The number of rotatable bonds is 5. The highest BCUT2D eigenvalue weighted by molar-refractivity contribution is 5.94. The zero-order valence-corrected chi connectivity index (χ0v) is 17.5. The quantitative estimate of drug-likeness (QED) is 0.302. The second-order valence-electron chi connectivity index (χ2n) is 7.51. The maximum Gasteiger partial charge on any atom is 0.117 e. The van der Waals surface area contributed by atoms with E-state index in [0.29, 0.717) is 5.69 Å². The van der Waals surface area contributed by atoms with Gasteiger partial charge in [-0.25, -0.2) is 0 Å². The van der Waals surface area contributed by atoms with Gasteiger partial charge in [0.2, 0.25) is 0 Å². The van der Waals surface area contributed by atoms with Crippen LogP contribution in [0.2, 0.25) is 0 Å². The molecule has 3 nitrogen and oxygen atoms in total. The van der Waals surface area contributed by atoms with Crippen molar-refractivity contribution in [2.24, 2.45) is 4.99 Å². The Hall–Kier alpha value is -4.37. The van der Waals surface area contributed by atoms with Crippen molar-refractivity contribution in [3.8, 4) is 34.0 Å². The lowest BCUT2D eigenvalue weighted by Crippen LogP contribution is -2.00. The number of hydrogen-bond acceptors (Lipinski definition) is 2. The van der Waals surface area contributed by atoms with E-state index in [-0.39, 0.29) is 5.75 Å². The van der Waals surface area contributed by atoms with Crippen LogP contribution in [0.1, 0.15) is 5.56 Å². The number of para-hydroxylation sites is 1. The molecule has 0 aliphatic heterocycles. The second kappa shape index (κ2) is 8.78. The summed E-state index contributed by atoms with van der Waals surface area (Å²) in [6.07, 6.45) is 1.88. The van der Waals surface area contributed by atoms with Crippen molar-refractivity contribution >= 4 is 11.9 Å². The van der Waals surface area contributed by atoms with Crippen molar-refractivity contribution in [3.63, 3.8) is 0 Å². The molecule has 154 valence electrons. The third-order valence-corrected chi connectivity index (χ3v) is 5.34. The number of phenolic OH excluding ortho intramolecular Hbond substituents is 1. The van der Waals surface area contributed by atoms with E-state index in [4.69, 9.17) is 0 Å². The lowest BCUT2D eigenvalue weighted by molar-refractivity contribution is 0.475. The van der Waals surface area contributed by atoms with E-state index in [9.17, 15) is 5.11 Å². The van der Waals surface area contributed by atoms with Gasteiger partial charge in [-0.15, -0.1) is 0 Å². The normalized spacial score (nSPS) is 11.1. The molecule has 1 aromatic heterocycles. The SMILES string of the molecule is Oc1cccc(N=Cc2cc(-c3ccccc3)n(-c3ccccc3)c2-c2ccccc2)c1. The van der Waals surface area contributed by atoms with E-state index in [0.717, 1.165) is 33.8 Å². The Morgan fingerprint density at radius 3 is 1.91 bits per heavy atom. The third kappa shape index (κ3) is 3.96. The van der Waals surface area contributed by atoms with Crippen LogP contribution in [-0.4, -0.2) is 15.9 Å². The summed E-state index contributed by atoms with van der Waals surface area (Å²) < 4.78 is 2.29. The van der Waals surface area contributed by atoms with Gasteiger partial charge < -0.3 is 9.67 Å². The first kappa shape index (κ1) is 19.6. The summed E-state index contributed by atoms with van der Waals surface area (Å²) in [7, 11) is 0. The minimum absolute atomic E-state index is 0.203. The molecule has 0 amide bonds. The van der Waals surface area contributed by atoms with Gasteiger partial charge in [0.05, 0.1) is 17.1 Å². The molecule has 3 heteroatoms. The lowest BCUT2D eigenvalue weighted by atomic mass is 10.1. The molecule has 0 aliphatic rings. The molecule has 0 saturated carbocycles. The highest BCUT2D eigenvalue weighted by Gasteiger charge is 2.18. The maximum absolute atomic E-state index is 9.81. The fourth-order valence-corrected chi connectivity index (χ4v) is 3.90. The van der Waals surface area contributed by atoms with Gasteiger partial charge >= 0.3 is 0 Å². The van der Waals surface area contributed by atoms with Crippen molar-refractivity contribution in [2.45, 2.75) is 0 Å². The molecule has 0 bridgehead atoms. The van der Waals surface area contributed by atoms with Gasteiger partial charge in [0.1, 0.15) is 5.75 Å². The van der Waals surface area contributed by atoms with Gasteiger partial charge in [-0.3, -0.25) is 4.99 Å².